The van der Waals surface area contributed by atoms with Gasteiger partial charge in [-0.3, -0.25) is 4.99 Å². The molecule has 2 rings (SSSR count). The normalized spacial score (nSPS) is 15.9. The quantitative estimate of drug-likeness (QED) is 0.242. The van der Waals surface area contributed by atoms with Gasteiger partial charge < -0.3 is 20.4 Å². The first-order chi connectivity index (χ1) is 12.7. The van der Waals surface area contributed by atoms with E-state index in [9.17, 15) is 0 Å². The van der Waals surface area contributed by atoms with Gasteiger partial charge in [-0.2, -0.15) is 0 Å². The fourth-order valence-corrected chi connectivity index (χ4v) is 3.50. The van der Waals surface area contributed by atoms with Crippen LogP contribution in [0.15, 0.2) is 35.3 Å². The van der Waals surface area contributed by atoms with Crippen LogP contribution >= 0.6 is 24.0 Å². The molecule has 1 saturated heterocycles. The molecule has 1 aromatic carbocycles. The lowest BCUT2D eigenvalue weighted by Crippen LogP contribution is -2.48. The molecule has 1 aliphatic rings. The highest BCUT2D eigenvalue weighted by atomic mass is 127. The number of nitrogens with zero attached hydrogens (tertiary/aromatic N) is 3. The van der Waals surface area contributed by atoms with Gasteiger partial charge in [0.05, 0.1) is 0 Å². The number of hydrogen-bond donors (Lipinski definition) is 2. The van der Waals surface area contributed by atoms with Crippen molar-refractivity contribution < 1.29 is 0 Å². The summed E-state index contributed by atoms with van der Waals surface area (Å²) in [4.78, 5) is 9.27. The van der Waals surface area contributed by atoms with Gasteiger partial charge in [0.2, 0.25) is 0 Å². The molecule has 1 aromatic rings. The number of para-hydroxylation sites is 1. The van der Waals surface area contributed by atoms with Gasteiger partial charge in [-0.15, -0.1) is 24.0 Å². The van der Waals surface area contributed by atoms with Crippen LogP contribution in [0.5, 0.6) is 0 Å². The Morgan fingerprint density at radius 1 is 1.19 bits per heavy atom. The molecule has 0 radical (unpaired) electrons. The molecule has 2 N–H and O–H groups in total. The van der Waals surface area contributed by atoms with E-state index in [1.165, 1.54) is 51.0 Å². The average molecular weight is 487 g/mol. The summed E-state index contributed by atoms with van der Waals surface area (Å²) < 4.78 is 0. The smallest absolute Gasteiger partial charge is 0.191 e. The molecule has 0 atom stereocenters. The number of guanidine groups is 1. The highest BCUT2D eigenvalue weighted by molar-refractivity contribution is 14.0. The second-order valence-corrected chi connectivity index (χ2v) is 7.22. The third kappa shape index (κ3) is 9.14. The molecule has 1 heterocycles. The lowest BCUT2D eigenvalue weighted by Gasteiger charge is -2.32. The second kappa shape index (κ2) is 14.0. The first kappa shape index (κ1) is 24.0. The van der Waals surface area contributed by atoms with Crippen molar-refractivity contribution in [2.24, 2.45) is 4.99 Å². The molecule has 1 fully saturated rings. The van der Waals surface area contributed by atoms with E-state index in [2.05, 4.69) is 69.7 Å². The summed E-state index contributed by atoms with van der Waals surface area (Å²) in [6.45, 7) is 7.94. The van der Waals surface area contributed by atoms with E-state index in [4.69, 9.17) is 0 Å². The van der Waals surface area contributed by atoms with Gasteiger partial charge in [0.25, 0.3) is 0 Å². The van der Waals surface area contributed by atoms with Gasteiger partial charge in [-0.1, -0.05) is 25.1 Å². The average Bonchev–Trinajstić information content (AvgIpc) is 2.69. The van der Waals surface area contributed by atoms with Crippen LogP contribution < -0.4 is 15.5 Å². The second-order valence-electron chi connectivity index (χ2n) is 7.22. The first-order valence-corrected chi connectivity index (χ1v) is 10.2. The number of hydrogen-bond acceptors (Lipinski definition) is 3. The number of unbranched alkanes of at least 4 members (excludes halogenated alkanes) is 1. The maximum Gasteiger partial charge on any atom is 0.191 e. The van der Waals surface area contributed by atoms with Crippen LogP contribution in [-0.2, 0) is 0 Å². The highest BCUT2D eigenvalue weighted by Crippen LogP contribution is 2.12. The van der Waals surface area contributed by atoms with Crippen molar-refractivity contribution in [1.82, 2.24) is 15.5 Å². The molecule has 0 spiro atoms. The number of benzene rings is 1. The Hall–Kier alpha value is -1.02. The minimum absolute atomic E-state index is 0. The molecule has 0 amide bonds. The summed E-state index contributed by atoms with van der Waals surface area (Å²) in [6, 6.07) is 11.1. The van der Waals surface area contributed by atoms with E-state index in [0.717, 1.165) is 25.5 Å². The lowest BCUT2D eigenvalue weighted by molar-refractivity contribution is 0.206. The van der Waals surface area contributed by atoms with Gasteiger partial charge >= 0.3 is 0 Å². The van der Waals surface area contributed by atoms with Crippen LogP contribution in [0.1, 0.15) is 39.0 Å². The van der Waals surface area contributed by atoms with Gasteiger partial charge in [-0.05, 0) is 50.8 Å². The predicted molar refractivity (Wildman–Crippen MR) is 129 cm³/mol. The first-order valence-electron chi connectivity index (χ1n) is 10.2. The molecule has 0 aliphatic carbocycles. The largest absolute Gasteiger partial charge is 0.375 e. The molecule has 27 heavy (non-hydrogen) atoms. The Balaban J connectivity index is 0.00000364. The zero-order valence-corrected chi connectivity index (χ0v) is 19.6. The summed E-state index contributed by atoms with van der Waals surface area (Å²) >= 11 is 0. The number of rotatable bonds is 9. The van der Waals surface area contributed by atoms with Crippen LogP contribution in [0, 0.1) is 0 Å². The van der Waals surface area contributed by atoms with Crippen LogP contribution in [0.25, 0.3) is 0 Å². The number of nitrogens with one attached hydrogen (secondary N) is 2. The monoisotopic (exact) mass is 487 g/mol. The van der Waals surface area contributed by atoms with Crippen LogP contribution in [0.4, 0.5) is 5.69 Å². The SMILES string of the molecule is CCCN1CCC(NC(=NC)NCCCCN(C)c2ccccc2)CC1.I. The van der Waals surface area contributed by atoms with Gasteiger partial charge in [0, 0.05) is 52.0 Å². The minimum Gasteiger partial charge on any atom is -0.375 e. The van der Waals surface area contributed by atoms with Crippen molar-refractivity contribution in [3.8, 4) is 0 Å². The maximum atomic E-state index is 4.39. The molecule has 0 bridgehead atoms. The summed E-state index contributed by atoms with van der Waals surface area (Å²) in [5, 5.41) is 7.07. The number of aliphatic imine (C=N–C) groups is 1. The van der Waals surface area contributed by atoms with E-state index in [-0.39, 0.29) is 24.0 Å². The Morgan fingerprint density at radius 2 is 1.89 bits per heavy atom. The Labute approximate surface area is 183 Å². The number of likely N-dealkylation sites (tertiary alicyclic amines) is 1. The number of piperidine rings is 1. The van der Waals surface area contributed by atoms with Gasteiger partial charge in [0.1, 0.15) is 0 Å². The molecular weight excluding hydrogens is 449 g/mol. The molecule has 0 aromatic heterocycles. The molecule has 6 heteroatoms. The van der Waals surface area contributed by atoms with E-state index in [1.807, 2.05) is 7.05 Å². The molecular formula is C21H38IN5. The van der Waals surface area contributed by atoms with Crippen molar-refractivity contribution >= 4 is 35.6 Å². The third-order valence-electron chi connectivity index (χ3n) is 5.10. The summed E-state index contributed by atoms with van der Waals surface area (Å²) in [5.74, 6) is 0.954. The van der Waals surface area contributed by atoms with Crippen LogP contribution in [0.2, 0.25) is 0 Å². The van der Waals surface area contributed by atoms with Crippen LogP contribution in [0.3, 0.4) is 0 Å². The van der Waals surface area contributed by atoms with E-state index in [0.29, 0.717) is 6.04 Å². The summed E-state index contributed by atoms with van der Waals surface area (Å²) in [5.41, 5.74) is 1.28. The van der Waals surface area contributed by atoms with E-state index < -0.39 is 0 Å². The highest BCUT2D eigenvalue weighted by Gasteiger charge is 2.19. The predicted octanol–water partition coefficient (Wildman–Crippen LogP) is 3.56. The number of halogens is 1. The van der Waals surface area contributed by atoms with Crippen LogP contribution in [-0.4, -0.2) is 63.7 Å². The maximum absolute atomic E-state index is 4.39. The Morgan fingerprint density at radius 3 is 2.52 bits per heavy atom. The van der Waals surface area contributed by atoms with Crippen molar-refractivity contribution in [3.63, 3.8) is 0 Å². The Bertz CT molecular complexity index is 515. The lowest BCUT2D eigenvalue weighted by atomic mass is 10.1. The Kier molecular flexibility index (Phi) is 12.5. The van der Waals surface area contributed by atoms with Crippen molar-refractivity contribution in [2.75, 3.05) is 51.7 Å². The number of anilines is 1. The van der Waals surface area contributed by atoms with E-state index >= 15 is 0 Å². The van der Waals surface area contributed by atoms with Crippen molar-refractivity contribution in [3.05, 3.63) is 30.3 Å². The molecule has 1 aliphatic heterocycles. The van der Waals surface area contributed by atoms with Gasteiger partial charge in [-0.25, -0.2) is 0 Å². The molecule has 5 nitrogen and oxygen atoms in total. The zero-order chi connectivity index (χ0) is 18.6. The van der Waals surface area contributed by atoms with Crippen molar-refractivity contribution in [2.45, 2.75) is 45.1 Å². The van der Waals surface area contributed by atoms with Crippen molar-refractivity contribution in [1.29, 1.82) is 0 Å². The zero-order valence-electron chi connectivity index (χ0n) is 17.3. The minimum atomic E-state index is 0. The molecule has 0 saturated carbocycles. The fraction of sp³-hybridized carbons (Fsp3) is 0.667. The summed E-state index contributed by atoms with van der Waals surface area (Å²) in [6.07, 6.45) is 5.99. The van der Waals surface area contributed by atoms with E-state index in [1.54, 1.807) is 0 Å². The molecule has 0 unspecified atom stereocenters. The third-order valence-corrected chi connectivity index (χ3v) is 5.10. The van der Waals surface area contributed by atoms with Gasteiger partial charge in [0.15, 0.2) is 5.96 Å². The standard InChI is InChI=1S/C21H37N5.HI/c1-4-15-26-17-12-19(13-18-26)24-21(22-2)23-14-8-9-16-25(3)20-10-6-5-7-11-20;/h5-7,10-11,19H,4,8-9,12-18H2,1-3H3,(H2,22,23,24);1H. The fourth-order valence-electron chi connectivity index (χ4n) is 3.50. The topological polar surface area (TPSA) is 42.9 Å². The summed E-state index contributed by atoms with van der Waals surface area (Å²) in [7, 11) is 4.03. The molecule has 154 valence electrons.